The summed E-state index contributed by atoms with van der Waals surface area (Å²) >= 11 is 0. The first kappa shape index (κ1) is 28.1. The molecule has 0 aliphatic heterocycles. The van der Waals surface area contributed by atoms with Gasteiger partial charge in [0.15, 0.2) is 0 Å². The van der Waals surface area contributed by atoms with Crippen LogP contribution in [0.3, 0.4) is 0 Å². The summed E-state index contributed by atoms with van der Waals surface area (Å²) in [6.45, 7) is 11.6. The number of carbonyl (C=O) groups excluding carboxylic acids is 2. The highest BCUT2D eigenvalue weighted by molar-refractivity contribution is 5.90. The Labute approximate surface area is 211 Å². The molecule has 36 heavy (non-hydrogen) atoms. The molecule has 188 valence electrons. The molecule has 0 N–H and O–H groups in total. The molecule has 1 aromatic carbocycles. The SMILES string of the molecule is C=CC(=O)OCCCCCCOc1ccc(C(=O)OC2=CC(F)=C(C(=C)/C=C\C(=C)C#N)CC2)cc1. The first-order valence-corrected chi connectivity index (χ1v) is 11.6. The Morgan fingerprint density at radius 3 is 2.36 bits per heavy atom. The summed E-state index contributed by atoms with van der Waals surface area (Å²) in [7, 11) is 0. The van der Waals surface area contributed by atoms with Crippen molar-refractivity contribution in [1.29, 1.82) is 5.26 Å². The fraction of sp³-hybridized carbons (Fsp3) is 0.276. The third-order valence-electron chi connectivity index (χ3n) is 5.25. The monoisotopic (exact) mass is 491 g/mol. The molecule has 0 radical (unpaired) electrons. The predicted molar refractivity (Wildman–Crippen MR) is 135 cm³/mol. The lowest BCUT2D eigenvalue weighted by Crippen LogP contribution is -2.08. The number of hydrogen-bond donors (Lipinski definition) is 0. The number of rotatable bonds is 14. The largest absolute Gasteiger partial charge is 0.494 e. The van der Waals surface area contributed by atoms with Gasteiger partial charge in [0.05, 0.1) is 24.8 Å². The minimum Gasteiger partial charge on any atom is -0.494 e. The molecule has 1 aliphatic carbocycles. The fourth-order valence-electron chi connectivity index (χ4n) is 3.25. The Kier molecular flexibility index (Phi) is 11.7. The standard InChI is InChI=1S/C29H30FNO5/c1-4-28(32)35-18-8-6-5-7-17-34-24-13-11-23(12-14-24)29(33)36-25-15-16-26(27(30)19-25)22(3)10-9-21(2)20-31/h4,9-14,19H,1-3,5-8,15-18H2/b10-9-. The van der Waals surface area contributed by atoms with E-state index in [1.165, 1.54) is 12.2 Å². The van der Waals surface area contributed by atoms with Crippen molar-refractivity contribution >= 4 is 11.9 Å². The van der Waals surface area contributed by atoms with E-state index < -0.39 is 17.8 Å². The van der Waals surface area contributed by atoms with E-state index in [-0.39, 0.29) is 11.3 Å². The molecule has 0 heterocycles. The smallest absolute Gasteiger partial charge is 0.343 e. The average molecular weight is 492 g/mol. The molecule has 0 saturated heterocycles. The van der Waals surface area contributed by atoms with E-state index in [2.05, 4.69) is 19.7 Å². The maximum absolute atomic E-state index is 14.5. The number of carbonyl (C=O) groups is 2. The lowest BCUT2D eigenvalue weighted by Gasteiger charge is -2.16. The number of unbranched alkanes of at least 4 members (excludes halogenated alkanes) is 3. The van der Waals surface area contributed by atoms with Crippen molar-refractivity contribution in [1.82, 2.24) is 0 Å². The van der Waals surface area contributed by atoms with Crippen LogP contribution in [0.25, 0.3) is 0 Å². The summed E-state index contributed by atoms with van der Waals surface area (Å²) in [6.07, 6.45) is 9.52. The molecule has 0 aromatic heterocycles. The number of halogens is 1. The second kappa shape index (κ2) is 14.9. The highest BCUT2D eigenvalue weighted by Gasteiger charge is 2.19. The second-order valence-electron chi connectivity index (χ2n) is 7.98. The van der Waals surface area contributed by atoms with Crippen LogP contribution in [0.1, 0.15) is 48.9 Å². The summed E-state index contributed by atoms with van der Waals surface area (Å²) in [5.74, 6) is -0.644. The highest BCUT2D eigenvalue weighted by atomic mass is 19.1. The van der Waals surface area contributed by atoms with E-state index in [1.807, 2.05) is 6.07 Å². The Balaban J connectivity index is 1.77. The van der Waals surface area contributed by atoms with Crippen molar-refractivity contribution in [2.45, 2.75) is 38.5 Å². The van der Waals surface area contributed by atoms with E-state index in [0.29, 0.717) is 48.5 Å². The maximum atomic E-state index is 14.5. The minimum absolute atomic E-state index is 0.235. The molecule has 6 nitrogen and oxygen atoms in total. The van der Waals surface area contributed by atoms with Crippen molar-refractivity contribution < 1.29 is 28.2 Å². The van der Waals surface area contributed by atoms with Gasteiger partial charge in [-0.05, 0) is 73.6 Å². The Hall–Kier alpha value is -4.18. The molecular formula is C29H30FNO5. The molecule has 2 rings (SSSR count). The van der Waals surface area contributed by atoms with Gasteiger partial charge in [-0.3, -0.25) is 0 Å². The molecule has 0 saturated carbocycles. The van der Waals surface area contributed by atoms with Gasteiger partial charge in [-0.2, -0.15) is 5.26 Å². The maximum Gasteiger partial charge on any atom is 0.343 e. The summed E-state index contributed by atoms with van der Waals surface area (Å²) in [5, 5.41) is 8.74. The summed E-state index contributed by atoms with van der Waals surface area (Å²) in [4.78, 5) is 23.4. The molecule has 1 aromatic rings. The molecule has 7 heteroatoms. The number of esters is 2. The van der Waals surface area contributed by atoms with Crippen LogP contribution in [0.2, 0.25) is 0 Å². The molecule has 0 bridgehead atoms. The van der Waals surface area contributed by atoms with E-state index in [1.54, 1.807) is 30.3 Å². The molecule has 0 unspecified atom stereocenters. The molecule has 0 spiro atoms. The van der Waals surface area contributed by atoms with Crippen LogP contribution in [-0.4, -0.2) is 25.2 Å². The van der Waals surface area contributed by atoms with Crippen molar-refractivity contribution in [3.05, 3.63) is 102 Å². The van der Waals surface area contributed by atoms with E-state index in [9.17, 15) is 14.0 Å². The number of nitrogens with zero attached hydrogens (tertiary/aromatic N) is 1. The summed E-state index contributed by atoms with van der Waals surface area (Å²) < 4.78 is 30.5. The molecule has 0 amide bonds. The number of benzene rings is 1. The van der Waals surface area contributed by atoms with Crippen molar-refractivity contribution in [3.8, 4) is 11.8 Å². The zero-order valence-electron chi connectivity index (χ0n) is 20.3. The number of ether oxygens (including phenoxy) is 3. The predicted octanol–water partition coefficient (Wildman–Crippen LogP) is 6.61. The normalized spacial score (nSPS) is 12.9. The summed E-state index contributed by atoms with van der Waals surface area (Å²) in [5.41, 5.74) is 1.41. The van der Waals surface area contributed by atoms with Gasteiger partial charge >= 0.3 is 11.9 Å². The highest BCUT2D eigenvalue weighted by Crippen LogP contribution is 2.31. The number of hydrogen-bond acceptors (Lipinski definition) is 6. The lowest BCUT2D eigenvalue weighted by molar-refractivity contribution is -0.137. The number of allylic oxidation sites excluding steroid dienone is 8. The third kappa shape index (κ3) is 9.59. The molecule has 1 aliphatic rings. The van der Waals surface area contributed by atoms with Crippen molar-refractivity contribution in [2.24, 2.45) is 0 Å². The number of nitriles is 1. The van der Waals surface area contributed by atoms with Gasteiger partial charge in [0, 0.05) is 24.1 Å². The fourth-order valence-corrected chi connectivity index (χ4v) is 3.25. The van der Waals surface area contributed by atoms with Crippen molar-refractivity contribution in [2.75, 3.05) is 13.2 Å². The Morgan fingerprint density at radius 1 is 1.03 bits per heavy atom. The Morgan fingerprint density at radius 2 is 1.72 bits per heavy atom. The molecule has 0 atom stereocenters. The van der Waals surface area contributed by atoms with E-state index in [0.717, 1.165) is 31.8 Å². The lowest BCUT2D eigenvalue weighted by atomic mass is 9.96. The van der Waals surface area contributed by atoms with Gasteiger partial charge in [-0.1, -0.05) is 25.8 Å². The zero-order chi connectivity index (χ0) is 26.3. The van der Waals surface area contributed by atoms with E-state index in [4.69, 9.17) is 19.5 Å². The van der Waals surface area contributed by atoms with Gasteiger partial charge in [0.1, 0.15) is 17.3 Å². The van der Waals surface area contributed by atoms with Gasteiger partial charge in [0.2, 0.25) is 0 Å². The average Bonchev–Trinajstić information content (AvgIpc) is 2.88. The quantitative estimate of drug-likeness (QED) is 0.0958. The zero-order valence-corrected chi connectivity index (χ0v) is 20.3. The van der Waals surface area contributed by atoms with Gasteiger partial charge < -0.3 is 14.2 Å². The Bertz CT molecular complexity index is 1120. The van der Waals surface area contributed by atoms with Crippen LogP contribution >= 0.6 is 0 Å². The van der Waals surface area contributed by atoms with Gasteiger partial charge in [-0.15, -0.1) is 0 Å². The van der Waals surface area contributed by atoms with Crippen LogP contribution in [0.15, 0.2) is 96.6 Å². The van der Waals surface area contributed by atoms with Crippen LogP contribution < -0.4 is 4.74 Å². The second-order valence-corrected chi connectivity index (χ2v) is 7.98. The molecule has 0 fully saturated rings. The third-order valence-corrected chi connectivity index (χ3v) is 5.25. The first-order valence-electron chi connectivity index (χ1n) is 11.6. The van der Waals surface area contributed by atoms with Crippen LogP contribution in [-0.2, 0) is 14.3 Å². The first-order chi connectivity index (χ1) is 17.3. The molecular weight excluding hydrogens is 461 g/mol. The van der Waals surface area contributed by atoms with E-state index >= 15 is 0 Å². The van der Waals surface area contributed by atoms with Crippen LogP contribution in [0.5, 0.6) is 5.75 Å². The van der Waals surface area contributed by atoms with Gasteiger partial charge in [0.25, 0.3) is 0 Å². The summed E-state index contributed by atoms with van der Waals surface area (Å²) in [6, 6.07) is 8.45. The van der Waals surface area contributed by atoms with Crippen molar-refractivity contribution in [3.63, 3.8) is 0 Å². The topological polar surface area (TPSA) is 85.6 Å². The van der Waals surface area contributed by atoms with Crippen LogP contribution in [0.4, 0.5) is 4.39 Å². The van der Waals surface area contributed by atoms with Crippen LogP contribution in [0, 0.1) is 11.3 Å². The minimum atomic E-state index is -0.578. The van der Waals surface area contributed by atoms with Gasteiger partial charge in [-0.25, -0.2) is 14.0 Å².